The Morgan fingerprint density at radius 2 is 2.15 bits per heavy atom. The molecule has 0 atom stereocenters. The number of benzene rings is 1. The lowest BCUT2D eigenvalue weighted by Gasteiger charge is -2.24. The standard InChI is InChI=1S/C17H24N2O/c1-13(2)8-9-19(16-5-6-16)12-15-10-14(11-18)4-7-17(15)20-3/h4,7,10,13,16H,5-6,8-9,12H2,1-3H3. The minimum Gasteiger partial charge on any atom is -0.496 e. The van der Waals surface area contributed by atoms with Crippen molar-refractivity contribution in [2.75, 3.05) is 13.7 Å². The molecular formula is C17H24N2O. The third-order valence-corrected chi connectivity index (χ3v) is 3.84. The molecule has 0 radical (unpaired) electrons. The molecular weight excluding hydrogens is 248 g/mol. The van der Waals surface area contributed by atoms with Crippen LogP contribution in [0.4, 0.5) is 0 Å². The van der Waals surface area contributed by atoms with Crippen LogP contribution in [0, 0.1) is 17.2 Å². The average molecular weight is 272 g/mol. The summed E-state index contributed by atoms with van der Waals surface area (Å²) in [6.45, 7) is 6.54. The molecule has 1 saturated carbocycles. The zero-order valence-electron chi connectivity index (χ0n) is 12.7. The number of nitrogens with zero attached hydrogens (tertiary/aromatic N) is 2. The van der Waals surface area contributed by atoms with Gasteiger partial charge in [0.15, 0.2) is 0 Å². The second-order valence-electron chi connectivity index (χ2n) is 6.02. The second kappa shape index (κ2) is 6.76. The molecule has 0 unspecified atom stereocenters. The summed E-state index contributed by atoms with van der Waals surface area (Å²) in [5, 5.41) is 9.05. The monoisotopic (exact) mass is 272 g/mol. The van der Waals surface area contributed by atoms with Crippen molar-refractivity contribution in [1.29, 1.82) is 5.26 Å². The van der Waals surface area contributed by atoms with Gasteiger partial charge in [-0.2, -0.15) is 5.26 Å². The molecule has 1 aliphatic rings. The first-order valence-corrected chi connectivity index (χ1v) is 7.45. The molecule has 1 aromatic rings. The molecule has 0 spiro atoms. The van der Waals surface area contributed by atoms with Crippen molar-refractivity contribution < 1.29 is 4.74 Å². The van der Waals surface area contributed by atoms with Gasteiger partial charge in [0.25, 0.3) is 0 Å². The maximum absolute atomic E-state index is 9.05. The molecule has 20 heavy (non-hydrogen) atoms. The van der Waals surface area contributed by atoms with Gasteiger partial charge in [-0.25, -0.2) is 0 Å². The van der Waals surface area contributed by atoms with E-state index in [2.05, 4.69) is 24.8 Å². The van der Waals surface area contributed by atoms with Crippen molar-refractivity contribution in [3.8, 4) is 11.8 Å². The van der Waals surface area contributed by atoms with Gasteiger partial charge in [-0.05, 0) is 49.9 Å². The predicted octanol–water partition coefficient (Wildman–Crippen LogP) is 3.58. The Morgan fingerprint density at radius 3 is 2.70 bits per heavy atom. The molecule has 2 rings (SSSR count). The van der Waals surface area contributed by atoms with Gasteiger partial charge >= 0.3 is 0 Å². The van der Waals surface area contributed by atoms with Crippen LogP contribution in [0.3, 0.4) is 0 Å². The molecule has 3 heteroatoms. The number of rotatable bonds is 7. The van der Waals surface area contributed by atoms with Gasteiger partial charge in [0.05, 0.1) is 18.7 Å². The van der Waals surface area contributed by atoms with E-state index in [1.165, 1.54) is 19.3 Å². The minimum atomic E-state index is 0.709. The molecule has 0 N–H and O–H groups in total. The Morgan fingerprint density at radius 1 is 1.40 bits per heavy atom. The molecule has 3 nitrogen and oxygen atoms in total. The van der Waals surface area contributed by atoms with E-state index in [1.807, 2.05) is 18.2 Å². The van der Waals surface area contributed by atoms with Crippen LogP contribution in [-0.4, -0.2) is 24.6 Å². The van der Waals surface area contributed by atoms with E-state index in [0.29, 0.717) is 5.56 Å². The first-order chi connectivity index (χ1) is 9.63. The third kappa shape index (κ3) is 3.98. The van der Waals surface area contributed by atoms with Crippen LogP contribution in [0.5, 0.6) is 5.75 Å². The van der Waals surface area contributed by atoms with Gasteiger partial charge in [-0.1, -0.05) is 13.8 Å². The Hall–Kier alpha value is -1.53. The van der Waals surface area contributed by atoms with Crippen molar-refractivity contribution in [2.45, 2.75) is 45.7 Å². The second-order valence-corrected chi connectivity index (χ2v) is 6.02. The lowest BCUT2D eigenvalue weighted by Crippen LogP contribution is -2.27. The van der Waals surface area contributed by atoms with Crippen LogP contribution in [0.25, 0.3) is 0 Å². The van der Waals surface area contributed by atoms with E-state index in [1.54, 1.807) is 7.11 Å². The summed E-state index contributed by atoms with van der Waals surface area (Å²) in [5.74, 6) is 1.61. The van der Waals surface area contributed by atoms with Gasteiger partial charge in [0.2, 0.25) is 0 Å². The topological polar surface area (TPSA) is 36.3 Å². The molecule has 1 aliphatic carbocycles. The predicted molar refractivity (Wildman–Crippen MR) is 80.6 cm³/mol. The van der Waals surface area contributed by atoms with E-state index in [0.717, 1.165) is 36.4 Å². The fraction of sp³-hybridized carbons (Fsp3) is 0.588. The Balaban J connectivity index is 2.11. The van der Waals surface area contributed by atoms with E-state index >= 15 is 0 Å². The summed E-state index contributed by atoms with van der Waals surface area (Å²) in [4.78, 5) is 2.54. The van der Waals surface area contributed by atoms with E-state index in [-0.39, 0.29) is 0 Å². The summed E-state index contributed by atoms with van der Waals surface area (Å²) in [6.07, 6.45) is 3.83. The summed E-state index contributed by atoms with van der Waals surface area (Å²) in [7, 11) is 1.69. The highest BCUT2D eigenvalue weighted by molar-refractivity contribution is 5.42. The number of methoxy groups -OCH3 is 1. The molecule has 0 aromatic heterocycles. The van der Waals surface area contributed by atoms with Crippen LogP contribution in [0.2, 0.25) is 0 Å². The zero-order valence-corrected chi connectivity index (χ0v) is 12.7. The molecule has 1 aromatic carbocycles. The number of nitriles is 1. The quantitative estimate of drug-likeness (QED) is 0.761. The Bertz CT molecular complexity index is 486. The zero-order chi connectivity index (χ0) is 14.5. The van der Waals surface area contributed by atoms with E-state index in [4.69, 9.17) is 10.00 Å². The van der Waals surface area contributed by atoms with Crippen LogP contribution in [-0.2, 0) is 6.54 Å². The highest BCUT2D eigenvalue weighted by atomic mass is 16.5. The maximum atomic E-state index is 9.05. The van der Waals surface area contributed by atoms with Crippen LogP contribution < -0.4 is 4.74 Å². The highest BCUT2D eigenvalue weighted by Gasteiger charge is 2.29. The van der Waals surface area contributed by atoms with Gasteiger partial charge in [0.1, 0.15) is 5.75 Å². The highest BCUT2D eigenvalue weighted by Crippen LogP contribution is 2.31. The van der Waals surface area contributed by atoms with E-state index in [9.17, 15) is 0 Å². The molecule has 0 aliphatic heterocycles. The van der Waals surface area contributed by atoms with Crippen molar-refractivity contribution in [2.24, 2.45) is 5.92 Å². The van der Waals surface area contributed by atoms with Crippen molar-refractivity contribution >= 4 is 0 Å². The maximum Gasteiger partial charge on any atom is 0.123 e. The molecule has 0 bridgehead atoms. The fourth-order valence-electron chi connectivity index (χ4n) is 2.44. The third-order valence-electron chi connectivity index (χ3n) is 3.84. The molecule has 0 heterocycles. The summed E-state index contributed by atoms with van der Waals surface area (Å²) >= 11 is 0. The number of hydrogen-bond donors (Lipinski definition) is 0. The van der Waals surface area contributed by atoms with Crippen LogP contribution in [0.15, 0.2) is 18.2 Å². The summed E-state index contributed by atoms with van der Waals surface area (Å²) in [5.41, 5.74) is 1.84. The van der Waals surface area contributed by atoms with Crippen molar-refractivity contribution in [3.05, 3.63) is 29.3 Å². The van der Waals surface area contributed by atoms with Crippen molar-refractivity contribution in [3.63, 3.8) is 0 Å². The van der Waals surface area contributed by atoms with Gasteiger partial charge in [0, 0.05) is 18.2 Å². The summed E-state index contributed by atoms with van der Waals surface area (Å²) < 4.78 is 5.44. The fourth-order valence-corrected chi connectivity index (χ4v) is 2.44. The average Bonchev–Trinajstić information content (AvgIpc) is 3.27. The van der Waals surface area contributed by atoms with Crippen LogP contribution >= 0.6 is 0 Å². The van der Waals surface area contributed by atoms with E-state index < -0.39 is 0 Å². The molecule has 108 valence electrons. The first-order valence-electron chi connectivity index (χ1n) is 7.45. The minimum absolute atomic E-state index is 0.709. The lowest BCUT2D eigenvalue weighted by atomic mass is 10.1. The molecule has 0 amide bonds. The lowest BCUT2D eigenvalue weighted by molar-refractivity contribution is 0.236. The molecule has 0 saturated heterocycles. The Kier molecular flexibility index (Phi) is 5.03. The first kappa shape index (κ1) is 14.9. The SMILES string of the molecule is COc1ccc(C#N)cc1CN(CCC(C)C)C1CC1. The van der Waals surface area contributed by atoms with Crippen LogP contribution in [0.1, 0.15) is 44.2 Å². The van der Waals surface area contributed by atoms with Gasteiger partial charge in [-0.15, -0.1) is 0 Å². The number of ether oxygens (including phenoxy) is 1. The van der Waals surface area contributed by atoms with Gasteiger partial charge in [-0.3, -0.25) is 4.90 Å². The Labute approximate surface area is 122 Å². The van der Waals surface area contributed by atoms with Crippen molar-refractivity contribution in [1.82, 2.24) is 4.90 Å². The normalized spacial score (nSPS) is 14.6. The molecule has 1 fully saturated rings. The van der Waals surface area contributed by atoms with Gasteiger partial charge < -0.3 is 4.74 Å². The number of hydrogen-bond acceptors (Lipinski definition) is 3. The summed E-state index contributed by atoms with van der Waals surface area (Å²) in [6, 6.07) is 8.62. The largest absolute Gasteiger partial charge is 0.496 e. The smallest absolute Gasteiger partial charge is 0.123 e.